The highest BCUT2D eigenvalue weighted by Gasteiger charge is 2.19. The summed E-state index contributed by atoms with van der Waals surface area (Å²) in [6, 6.07) is 15.9. The molecule has 6 nitrogen and oxygen atoms in total. The maximum Gasteiger partial charge on any atom is 0.231 e. The van der Waals surface area contributed by atoms with Gasteiger partial charge in [-0.1, -0.05) is 24.3 Å². The van der Waals surface area contributed by atoms with Gasteiger partial charge in [-0.3, -0.25) is 0 Å². The normalized spacial score (nSPS) is 13.1. The Bertz CT molecular complexity index is 1110. The highest BCUT2D eigenvalue weighted by atomic mass is 79.9. The first-order valence-corrected chi connectivity index (χ1v) is 11.4. The molecule has 0 aliphatic carbocycles. The van der Waals surface area contributed by atoms with E-state index in [4.69, 9.17) is 18.9 Å². The number of halogens is 2. The van der Waals surface area contributed by atoms with E-state index >= 15 is 0 Å². The summed E-state index contributed by atoms with van der Waals surface area (Å²) in [5.74, 6) is 2.14. The van der Waals surface area contributed by atoms with E-state index in [1.807, 2.05) is 18.2 Å². The molecule has 33 heavy (non-hydrogen) atoms. The van der Waals surface area contributed by atoms with Gasteiger partial charge >= 0.3 is 0 Å². The van der Waals surface area contributed by atoms with Crippen LogP contribution < -0.4 is 24.3 Å². The van der Waals surface area contributed by atoms with Crippen molar-refractivity contribution in [3.05, 3.63) is 81.6 Å². The SMILES string of the molecule is COc1cc(CNCCc2ccccc2F)cc(Br)c1OCC(O)c1ccc2c(c1)OCO2. The van der Waals surface area contributed by atoms with Gasteiger partial charge in [0.1, 0.15) is 18.5 Å². The van der Waals surface area contributed by atoms with Crippen LogP contribution in [0.2, 0.25) is 0 Å². The van der Waals surface area contributed by atoms with Crippen LogP contribution in [0.5, 0.6) is 23.0 Å². The van der Waals surface area contributed by atoms with Gasteiger partial charge in [-0.2, -0.15) is 0 Å². The summed E-state index contributed by atoms with van der Waals surface area (Å²) in [5.41, 5.74) is 2.34. The summed E-state index contributed by atoms with van der Waals surface area (Å²) in [6.07, 6.45) is -0.250. The van der Waals surface area contributed by atoms with Crippen LogP contribution in [0.1, 0.15) is 22.8 Å². The van der Waals surface area contributed by atoms with Crippen LogP contribution in [0.15, 0.2) is 59.1 Å². The first-order valence-electron chi connectivity index (χ1n) is 10.6. The molecule has 4 rings (SSSR count). The molecule has 0 bridgehead atoms. The van der Waals surface area contributed by atoms with Gasteiger partial charge in [0, 0.05) is 6.54 Å². The molecule has 0 saturated carbocycles. The first-order chi connectivity index (χ1) is 16.0. The molecule has 1 heterocycles. The molecular weight excluding hydrogens is 493 g/mol. The van der Waals surface area contributed by atoms with Crippen LogP contribution in [-0.4, -0.2) is 32.2 Å². The zero-order chi connectivity index (χ0) is 23.2. The topological polar surface area (TPSA) is 69.2 Å². The van der Waals surface area contributed by atoms with Gasteiger partial charge in [0.2, 0.25) is 6.79 Å². The average molecular weight is 518 g/mol. The van der Waals surface area contributed by atoms with Crippen molar-refractivity contribution in [2.24, 2.45) is 0 Å². The van der Waals surface area contributed by atoms with Crippen LogP contribution in [0.4, 0.5) is 4.39 Å². The second-order valence-electron chi connectivity index (χ2n) is 7.57. The number of rotatable bonds is 10. The number of hydrogen-bond donors (Lipinski definition) is 2. The van der Waals surface area contributed by atoms with E-state index in [-0.39, 0.29) is 19.2 Å². The Hall–Kier alpha value is -2.81. The molecule has 3 aromatic rings. The van der Waals surface area contributed by atoms with Gasteiger partial charge in [-0.15, -0.1) is 0 Å². The fourth-order valence-corrected chi connectivity index (χ4v) is 4.16. The third-order valence-corrected chi connectivity index (χ3v) is 5.90. The van der Waals surface area contributed by atoms with Crippen molar-refractivity contribution in [3.63, 3.8) is 0 Å². The highest BCUT2D eigenvalue weighted by molar-refractivity contribution is 9.10. The predicted octanol–water partition coefficient (Wildman–Crippen LogP) is 4.77. The fourth-order valence-electron chi connectivity index (χ4n) is 3.55. The van der Waals surface area contributed by atoms with Crippen molar-refractivity contribution in [1.82, 2.24) is 5.32 Å². The summed E-state index contributed by atoms with van der Waals surface area (Å²) >= 11 is 3.54. The molecule has 174 valence electrons. The molecule has 1 aliphatic rings. The number of aliphatic hydroxyl groups is 1. The number of fused-ring (bicyclic) bond motifs is 1. The van der Waals surface area contributed by atoms with Gasteiger partial charge in [-0.05, 0) is 75.9 Å². The third-order valence-electron chi connectivity index (χ3n) is 5.31. The Kier molecular flexibility index (Phi) is 7.69. The fraction of sp³-hybridized carbons (Fsp3) is 0.280. The maximum atomic E-state index is 13.7. The molecule has 2 N–H and O–H groups in total. The standard InChI is InChI=1S/C25H25BrFNO5/c1-30-24-11-16(13-28-9-8-17-4-2-3-5-20(17)27)10-19(26)25(24)31-14-21(29)18-6-7-22-23(12-18)33-15-32-22/h2-7,10-12,21,28-29H,8-9,13-15H2,1H3. The summed E-state index contributed by atoms with van der Waals surface area (Å²) in [4.78, 5) is 0. The predicted molar refractivity (Wildman–Crippen MR) is 126 cm³/mol. The minimum Gasteiger partial charge on any atom is -0.493 e. The molecule has 3 aromatic carbocycles. The Morgan fingerprint density at radius 2 is 1.94 bits per heavy atom. The van der Waals surface area contributed by atoms with Crippen LogP contribution in [0.3, 0.4) is 0 Å². The zero-order valence-corrected chi connectivity index (χ0v) is 19.7. The first kappa shape index (κ1) is 23.4. The Morgan fingerprint density at radius 1 is 1.12 bits per heavy atom. The van der Waals surface area contributed by atoms with Crippen molar-refractivity contribution in [3.8, 4) is 23.0 Å². The monoisotopic (exact) mass is 517 g/mol. The number of aliphatic hydroxyl groups excluding tert-OH is 1. The smallest absolute Gasteiger partial charge is 0.231 e. The van der Waals surface area contributed by atoms with E-state index in [1.165, 1.54) is 6.07 Å². The molecule has 0 amide bonds. The lowest BCUT2D eigenvalue weighted by Crippen LogP contribution is -2.17. The number of methoxy groups -OCH3 is 1. The van der Waals surface area contributed by atoms with E-state index in [0.29, 0.717) is 58.1 Å². The van der Waals surface area contributed by atoms with Crippen molar-refractivity contribution in [2.75, 3.05) is 27.1 Å². The molecule has 8 heteroatoms. The van der Waals surface area contributed by atoms with Crippen molar-refractivity contribution in [1.29, 1.82) is 0 Å². The maximum absolute atomic E-state index is 13.7. The molecule has 0 saturated heterocycles. The lowest BCUT2D eigenvalue weighted by molar-refractivity contribution is 0.105. The lowest BCUT2D eigenvalue weighted by atomic mass is 10.1. The molecule has 0 radical (unpaired) electrons. The summed E-state index contributed by atoms with van der Waals surface area (Å²) in [7, 11) is 1.57. The van der Waals surface area contributed by atoms with Crippen molar-refractivity contribution < 1.29 is 28.4 Å². The number of nitrogens with one attached hydrogen (secondary N) is 1. The van der Waals surface area contributed by atoms with Gasteiger partial charge in [0.15, 0.2) is 23.0 Å². The van der Waals surface area contributed by atoms with Gasteiger partial charge < -0.3 is 29.4 Å². The molecule has 0 aromatic heterocycles. The molecule has 0 fully saturated rings. The molecule has 1 atom stereocenters. The number of ether oxygens (including phenoxy) is 4. The van der Waals surface area contributed by atoms with Crippen LogP contribution in [0.25, 0.3) is 0 Å². The van der Waals surface area contributed by atoms with Crippen LogP contribution >= 0.6 is 15.9 Å². The third kappa shape index (κ3) is 5.76. The Labute approximate surface area is 200 Å². The second-order valence-corrected chi connectivity index (χ2v) is 8.42. The zero-order valence-electron chi connectivity index (χ0n) is 18.1. The largest absolute Gasteiger partial charge is 0.493 e. The van der Waals surface area contributed by atoms with E-state index in [0.717, 1.165) is 5.56 Å². The number of hydrogen-bond acceptors (Lipinski definition) is 6. The summed E-state index contributed by atoms with van der Waals surface area (Å²) < 4.78 is 36.5. The van der Waals surface area contributed by atoms with Crippen LogP contribution in [0, 0.1) is 5.82 Å². The van der Waals surface area contributed by atoms with Gasteiger partial charge in [0.25, 0.3) is 0 Å². The van der Waals surface area contributed by atoms with Crippen molar-refractivity contribution in [2.45, 2.75) is 19.1 Å². The van der Waals surface area contributed by atoms with E-state index in [2.05, 4.69) is 21.2 Å². The lowest BCUT2D eigenvalue weighted by Gasteiger charge is -2.17. The minimum atomic E-state index is -0.851. The quantitative estimate of drug-likeness (QED) is 0.377. The highest BCUT2D eigenvalue weighted by Crippen LogP contribution is 2.38. The second kappa shape index (κ2) is 10.9. The Balaban J connectivity index is 1.34. The summed E-state index contributed by atoms with van der Waals surface area (Å²) in [5, 5.41) is 13.9. The minimum absolute atomic E-state index is 0.0365. The van der Waals surface area contributed by atoms with E-state index < -0.39 is 6.10 Å². The van der Waals surface area contributed by atoms with E-state index in [9.17, 15) is 9.50 Å². The molecule has 1 unspecified atom stereocenters. The molecular formula is C25H25BrFNO5. The molecule has 1 aliphatic heterocycles. The Morgan fingerprint density at radius 3 is 2.76 bits per heavy atom. The summed E-state index contributed by atoms with van der Waals surface area (Å²) in [6.45, 7) is 1.44. The van der Waals surface area contributed by atoms with E-state index in [1.54, 1.807) is 37.4 Å². The average Bonchev–Trinajstić information content (AvgIpc) is 3.29. The number of benzene rings is 3. The molecule has 0 spiro atoms. The van der Waals surface area contributed by atoms with Crippen LogP contribution in [-0.2, 0) is 13.0 Å². The van der Waals surface area contributed by atoms with Crippen molar-refractivity contribution >= 4 is 15.9 Å². The van der Waals surface area contributed by atoms with Gasteiger partial charge in [0.05, 0.1) is 11.6 Å². The van der Waals surface area contributed by atoms with Gasteiger partial charge in [-0.25, -0.2) is 4.39 Å².